The number of rotatable bonds is 2. The largest absolute Gasteiger partial charge is 0.757 e. The lowest BCUT2D eigenvalue weighted by molar-refractivity contribution is -0.907. The molecular weight excluding hydrogens is 294 g/mol. The Bertz CT molecular complexity index is 609. The minimum atomic E-state index is -1.56. The lowest BCUT2D eigenvalue weighted by Gasteiger charge is -2.35. The highest BCUT2D eigenvalue weighted by molar-refractivity contribution is 7.63. The second-order valence-corrected chi connectivity index (χ2v) is 12.5. The van der Waals surface area contributed by atoms with Crippen LogP contribution in [-0.4, -0.2) is 44.7 Å². The first-order valence-corrected chi connectivity index (χ1v) is 11.1. The molecule has 1 aromatic carbocycles. The summed E-state index contributed by atoms with van der Waals surface area (Å²) in [6.45, 7) is 9.09. The molecule has 0 saturated heterocycles. The molecule has 2 rings (SSSR count). The van der Waals surface area contributed by atoms with Crippen LogP contribution in [-0.2, 0) is 12.6 Å². The van der Waals surface area contributed by atoms with Crippen molar-refractivity contribution in [3.8, 4) is 0 Å². The molecule has 1 aliphatic rings. The SMILES string of the molecule is Cc1ccc(N=C2C([Si](C)(C)C)=C([S-])N(C)[N+]2(C)C)cc1. The van der Waals surface area contributed by atoms with E-state index in [9.17, 15) is 0 Å². The first-order valence-electron chi connectivity index (χ1n) is 7.21. The van der Waals surface area contributed by atoms with Gasteiger partial charge in [-0.15, -0.1) is 0 Å². The molecule has 0 N–H and O–H groups in total. The number of aliphatic imine (C=N–C) groups is 1. The Kier molecular flexibility index (Phi) is 4.03. The normalized spacial score (nSPS) is 20.5. The van der Waals surface area contributed by atoms with Crippen molar-refractivity contribution in [1.29, 1.82) is 0 Å². The van der Waals surface area contributed by atoms with E-state index in [1.807, 2.05) is 0 Å². The summed E-state index contributed by atoms with van der Waals surface area (Å²) in [5, 5.41) is 4.38. The molecule has 21 heavy (non-hydrogen) atoms. The maximum absolute atomic E-state index is 5.70. The predicted molar refractivity (Wildman–Crippen MR) is 95.9 cm³/mol. The number of quaternary nitrogens is 1. The van der Waals surface area contributed by atoms with Crippen molar-refractivity contribution in [2.75, 3.05) is 21.1 Å². The molecule has 114 valence electrons. The van der Waals surface area contributed by atoms with Crippen molar-refractivity contribution >= 4 is 32.2 Å². The van der Waals surface area contributed by atoms with E-state index >= 15 is 0 Å². The van der Waals surface area contributed by atoms with Crippen molar-refractivity contribution in [2.45, 2.75) is 26.6 Å². The van der Waals surface area contributed by atoms with Gasteiger partial charge in [0.05, 0.1) is 34.9 Å². The average molecular weight is 320 g/mol. The Labute approximate surface area is 135 Å². The first kappa shape index (κ1) is 16.2. The molecule has 0 aliphatic carbocycles. The third kappa shape index (κ3) is 2.91. The topological polar surface area (TPSA) is 15.6 Å². The van der Waals surface area contributed by atoms with Gasteiger partial charge in [-0.05, 0) is 19.1 Å². The fraction of sp³-hybridized carbons (Fsp3) is 0.438. The predicted octanol–water partition coefficient (Wildman–Crippen LogP) is 3.60. The fourth-order valence-electron chi connectivity index (χ4n) is 2.48. The number of aryl methyl sites for hydroxylation is 1. The average Bonchev–Trinajstić information content (AvgIpc) is 2.53. The molecule has 1 aromatic rings. The number of benzene rings is 1. The van der Waals surface area contributed by atoms with Crippen LogP contribution in [0.5, 0.6) is 0 Å². The number of likely N-dealkylation sites (N-methyl/N-ethyl adjacent to an activating group) is 1. The highest BCUT2D eigenvalue weighted by atomic mass is 32.1. The van der Waals surface area contributed by atoms with Gasteiger partial charge in [0.15, 0.2) is 0 Å². The number of hydrogen-bond donors (Lipinski definition) is 0. The summed E-state index contributed by atoms with van der Waals surface area (Å²) in [6, 6.07) is 8.35. The molecule has 1 heterocycles. The zero-order valence-electron chi connectivity index (χ0n) is 14.1. The van der Waals surface area contributed by atoms with Gasteiger partial charge in [-0.25, -0.2) is 5.01 Å². The second kappa shape index (κ2) is 5.23. The molecule has 3 nitrogen and oxygen atoms in total. The third-order valence-corrected chi connectivity index (χ3v) is 6.63. The van der Waals surface area contributed by atoms with E-state index in [0.717, 1.165) is 16.6 Å². The van der Waals surface area contributed by atoms with E-state index in [-0.39, 0.29) is 0 Å². The second-order valence-electron chi connectivity index (χ2n) is 7.12. The summed E-state index contributed by atoms with van der Waals surface area (Å²) in [4.78, 5) is 4.96. The quantitative estimate of drug-likeness (QED) is 0.470. The zero-order chi connectivity index (χ0) is 16.0. The monoisotopic (exact) mass is 319 g/mol. The van der Waals surface area contributed by atoms with E-state index in [2.05, 4.69) is 77.0 Å². The smallest absolute Gasteiger partial charge is 0.251 e. The highest BCUT2D eigenvalue weighted by Gasteiger charge is 2.44. The maximum atomic E-state index is 5.70. The molecular formula is C16H25N3SSi. The van der Waals surface area contributed by atoms with Crippen LogP contribution >= 0.6 is 0 Å². The standard InChI is InChI=1S/C16H25N3SSi/c1-12-8-10-13(11-9-12)17-15-14(21(5,6)7)16(20)18(2)19(15,3)4/h8-11H,1-7H3. The highest BCUT2D eigenvalue weighted by Crippen LogP contribution is 2.35. The van der Waals surface area contributed by atoms with Crippen LogP contribution in [0.25, 0.3) is 0 Å². The Hall–Kier alpha value is -1.17. The van der Waals surface area contributed by atoms with Gasteiger partial charge in [0.2, 0.25) is 0 Å². The van der Waals surface area contributed by atoms with Gasteiger partial charge in [0.25, 0.3) is 5.84 Å². The Morgan fingerprint density at radius 3 is 2.10 bits per heavy atom. The zero-order valence-corrected chi connectivity index (χ0v) is 15.9. The van der Waals surface area contributed by atoms with Crippen molar-refractivity contribution in [3.63, 3.8) is 0 Å². The van der Waals surface area contributed by atoms with Gasteiger partial charge in [0.1, 0.15) is 0 Å². The van der Waals surface area contributed by atoms with Crippen LogP contribution in [0.2, 0.25) is 19.6 Å². The summed E-state index contributed by atoms with van der Waals surface area (Å²) in [5.41, 5.74) is 2.25. The first-order chi connectivity index (χ1) is 9.55. The van der Waals surface area contributed by atoms with Gasteiger partial charge in [-0.1, -0.05) is 42.4 Å². The molecule has 5 heteroatoms. The molecule has 0 amide bonds. The molecule has 0 saturated carbocycles. The van der Waals surface area contributed by atoms with Gasteiger partial charge < -0.3 is 12.6 Å². The number of amidine groups is 1. The summed E-state index contributed by atoms with van der Waals surface area (Å²) in [7, 11) is 4.79. The third-order valence-electron chi connectivity index (χ3n) is 4.02. The van der Waals surface area contributed by atoms with Crippen LogP contribution < -0.4 is 0 Å². The van der Waals surface area contributed by atoms with Crippen LogP contribution in [0.15, 0.2) is 39.5 Å². The van der Waals surface area contributed by atoms with Gasteiger partial charge in [-0.2, -0.15) is 9.58 Å². The molecule has 0 bridgehead atoms. The van der Waals surface area contributed by atoms with Gasteiger partial charge in [-0.3, -0.25) is 0 Å². The number of hydrogen-bond acceptors (Lipinski definition) is 3. The maximum Gasteiger partial charge on any atom is 0.251 e. The van der Waals surface area contributed by atoms with Crippen LogP contribution in [0.3, 0.4) is 0 Å². The van der Waals surface area contributed by atoms with Crippen molar-refractivity contribution < 1.29 is 4.59 Å². The van der Waals surface area contributed by atoms with Gasteiger partial charge >= 0.3 is 0 Å². The Balaban J connectivity index is 2.60. The molecule has 0 aromatic heterocycles. The fourth-order valence-corrected chi connectivity index (χ4v) is 5.49. The van der Waals surface area contributed by atoms with Crippen LogP contribution in [0, 0.1) is 6.92 Å². The van der Waals surface area contributed by atoms with E-state index < -0.39 is 8.07 Å². The Morgan fingerprint density at radius 1 is 1.10 bits per heavy atom. The van der Waals surface area contributed by atoms with Crippen molar-refractivity contribution in [3.05, 3.63) is 40.1 Å². The summed E-state index contributed by atoms with van der Waals surface area (Å²) < 4.78 is 0.590. The van der Waals surface area contributed by atoms with Crippen LogP contribution in [0.4, 0.5) is 5.69 Å². The van der Waals surface area contributed by atoms with E-state index in [0.29, 0.717) is 4.59 Å². The lowest BCUT2D eigenvalue weighted by Crippen LogP contribution is -2.52. The Morgan fingerprint density at radius 2 is 1.62 bits per heavy atom. The van der Waals surface area contributed by atoms with Crippen molar-refractivity contribution in [1.82, 2.24) is 5.01 Å². The summed E-state index contributed by atoms with van der Waals surface area (Å²) in [6.07, 6.45) is 0. The summed E-state index contributed by atoms with van der Waals surface area (Å²) >= 11 is 5.70. The molecule has 0 spiro atoms. The van der Waals surface area contributed by atoms with Crippen LogP contribution in [0.1, 0.15) is 5.56 Å². The minimum absolute atomic E-state index is 0.590. The molecule has 1 aliphatic heterocycles. The molecule has 0 radical (unpaired) electrons. The molecule has 0 atom stereocenters. The molecule has 0 unspecified atom stereocenters. The van der Waals surface area contributed by atoms with E-state index in [4.69, 9.17) is 17.6 Å². The van der Waals surface area contributed by atoms with Crippen molar-refractivity contribution in [2.24, 2.45) is 4.99 Å². The minimum Gasteiger partial charge on any atom is -0.757 e. The van der Waals surface area contributed by atoms with E-state index in [1.54, 1.807) is 0 Å². The van der Waals surface area contributed by atoms with Gasteiger partial charge in [0, 0.05) is 5.20 Å². The summed E-state index contributed by atoms with van der Waals surface area (Å²) in [5.74, 6) is 1.09. The number of nitrogens with zero attached hydrogens (tertiary/aromatic N) is 3. The lowest BCUT2D eigenvalue weighted by atomic mass is 10.2. The molecule has 0 fully saturated rings. The van der Waals surface area contributed by atoms with E-state index in [1.165, 1.54) is 10.8 Å².